The highest BCUT2D eigenvalue weighted by atomic mass is 16.5. The molecule has 1 rings (SSSR count). The fourth-order valence-corrected chi connectivity index (χ4v) is 1.11. The van der Waals surface area contributed by atoms with E-state index in [9.17, 15) is 4.79 Å². The molecule has 0 heterocycles. The zero-order chi connectivity index (χ0) is 10.4. The first kappa shape index (κ1) is 10.5. The number of methoxy groups -OCH3 is 1. The number of carbonyl (C=O) groups is 1. The number of hydrogen-bond acceptors (Lipinski definition) is 3. The molecule has 4 nitrogen and oxygen atoms in total. The summed E-state index contributed by atoms with van der Waals surface area (Å²) in [6, 6.07) is 7.53. The Kier molecular flexibility index (Phi) is 3.94. The number of hydrogen-bond donors (Lipinski definition) is 2. The van der Waals surface area contributed by atoms with Crippen LogP contribution < -0.4 is 15.8 Å². The molecule has 3 N–H and O–H groups in total. The smallest absolute Gasteiger partial charge is 0.234 e. The van der Waals surface area contributed by atoms with Crippen LogP contribution in [0.15, 0.2) is 24.3 Å². The Balaban J connectivity index is 2.61. The van der Waals surface area contributed by atoms with E-state index in [0.29, 0.717) is 6.54 Å². The molecule has 4 heteroatoms. The van der Waals surface area contributed by atoms with Gasteiger partial charge in [-0.05, 0) is 6.07 Å². The van der Waals surface area contributed by atoms with Crippen molar-refractivity contribution in [3.8, 4) is 5.75 Å². The minimum Gasteiger partial charge on any atom is -0.496 e. The summed E-state index contributed by atoms with van der Waals surface area (Å²) < 4.78 is 5.13. The number of nitrogens with one attached hydrogen (secondary N) is 1. The van der Waals surface area contributed by atoms with E-state index in [1.807, 2.05) is 24.3 Å². The number of ether oxygens (including phenoxy) is 1. The summed E-state index contributed by atoms with van der Waals surface area (Å²) in [7, 11) is 1.60. The van der Waals surface area contributed by atoms with Gasteiger partial charge >= 0.3 is 0 Å². The van der Waals surface area contributed by atoms with Crippen LogP contribution >= 0.6 is 0 Å². The zero-order valence-electron chi connectivity index (χ0n) is 8.12. The summed E-state index contributed by atoms with van der Waals surface area (Å²) in [4.78, 5) is 10.9. The molecule has 14 heavy (non-hydrogen) atoms. The molecule has 0 radical (unpaired) electrons. The third kappa shape index (κ3) is 2.74. The van der Waals surface area contributed by atoms with Crippen LogP contribution in [0.2, 0.25) is 0 Å². The highest BCUT2D eigenvalue weighted by molar-refractivity contribution is 5.77. The number of rotatable bonds is 4. The highest BCUT2D eigenvalue weighted by Gasteiger charge is 2.02. The van der Waals surface area contributed by atoms with Gasteiger partial charge in [0.05, 0.1) is 13.7 Å². The summed E-state index contributed by atoms with van der Waals surface area (Å²) in [5.41, 5.74) is 6.10. The van der Waals surface area contributed by atoms with Crippen LogP contribution in [-0.2, 0) is 11.3 Å². The van der Waals surface area contributed by atoms with Crippen LogP contribution in [0.3, 0.4) is 0 Å². The van der Waals surface area contributed by atoms with Gasteiger partial charge in [0.2, 0.25) is 5.91 Å². The van der Waals surface area contributed by atoms with Crippen LogP contribution in [0.1, 0.15) is 5.56 Å². The van der Waals surface area contributed by atoms with E-state index in [2.05, 4.69) is 5.32 Å². The van der Waals surface area contributed by atoms with Crippen molar-refractivity contribution in [1.29, 1.82) is 0 Å². The molecule has 0 saturated carbocycles. The first-order chi connectivity index (χ1) is 6.77. The number of benzene rings is 1. The fraction of sp³-hybridized carbons (Fsp3) is 0.300. The Morgan fingerprint density at radius 2 is 2.21 bits per heavy atom. The maximum Gasteiger partial charge on any atom is 0.234 e. The molecular weight excluding hydrogens is 180 g/mol. The van der Waals surface area contributed by atoms with Crippen LogP contribution in [0, 0.1) is 0 Å². The SMILES string of the molecule is COc1ccccc1CNC(=O)CN. The molecule has 0 aliphatic rings. The maximum atomic E-state index is 10.9. The molecule has 1 amide bonds. The van der Waals surface area contributed by atoms with Gasteiger partial charge in [0.25, 0.3) is 0 Å². The molecule has 0 unspecified atom stereocenters. The number of carbonyl (C=O) groups excluding carboxylic acids is 1. The van der Waals surface area contributed by atoms with Crippen molar-refractivity contribution in [1.82, 2.24) is 5.32 Å². The summed E-state index contributed by atoms with van der Waals surface area (Å²) in [5, 5.41) is 2.68. The second kappa shape index (κ2) is 5.24. The van der Waals surface area contributed by atoms with Gasteiger partial charge in [-0.1, -0.05) is 18.2 Å². The summed E-state index contributed by atoms with van der Waals surface area (Å²) >= 11 is 0. The van der Waals surface area contributed by atoms with E-state index in [0.717, 1.165) is 11.3 Å². The third-order valence-electron chi connectivity index (χ3n) is 1.85. The second-order valence-corrected chi connectivity index (χ2v) is 2.79. The van der Waals surface area contributed by atoms with Crippen LogP contribution in [0.25, 0.3) is 0 Å². The van der Waals surface area contributed by atoms with Crippen LogP contribution in [-0.4, -0.2) is 19.6 Å². The Labute approximate surface area is 83.1 Å². The summed E-state index contributed by atoms with van der Waals surface area (Å²) in [6.45, 7) is 0.454. The van der Waals surface area contributed by atoms with Crippen molar-refractivity contribution in [2.45, 2.75) is 6.54 Å². The second-order valence-electron chi connectivity index (χ2n) is 2.79. The molecule has 0 bridgehead atoms. The lowest BCUT2D eigenvalue weighted by molar-refractivity contribution is -0.119. The maximum absolute atomic E-state index is 10.9. The molecule has 0 saturated heterocycles. The fourth-order valence-electron chi connectivity index (χ4n) is 1.11. The van der Waals surface area contributed by atoms with Gasteiger partial charge in [-0.2, -0.15) is 0 Å². The molecule has 0 aliphatic carbocycles. The van der Waals surface area contributed by atoms with E-state index in [4.69, 9.17) is 10.5 Å². The molecular formula is C10H14N2O2. The molecule has 0 spiro atoms. The standard InChI is InChI=1S/C10H14N2O2/c1-14-9-5-3-2-4-8(9)7-12-10(13)6-11/h2-5H,6-7,11H2,1H3,(H,12,13). The van der Waals surface area contributed by atoms with Crippen molar-refractivity contribution >= 4 is 5.91 Å². The lowest BCUT2D eigenvalue weighted by Crippen LogP contribution is -2.29. The third-order valence-corrected chi connectivity index (χ3v) is 1.85. The summed E-state index contributed by atoms with van der Waals surface area (Å²) in [5.74, 6) is 0.598. The first-order valence-electron chi connectivity index (χ1n) is 4.36. The van der Waals surface area contributed by atoms with E-state index in [1.54, 1.807) is 7.11 Å². The van der Waals surface area contributed by atoms with Gasteiger partial charge in [-0.3, -0.25) is 4.79 Å². The van der Waals surface area contributed by atoms with Crippen molar-refractivity contribution < 1.29 is 9.53 Å². The van der Waals surface area contributed by atoms with Crippen LogP contribution in [0.5, 0.6) is 5.75 Å². The highest BCUT2D eigenvalue weighted by Crippen LogP contribution is 2.16. The van der Waals surface area contributed by atoms with Gasteiger partial charge in [0.1, 0.15) is 5.75 Å². The molecule has 1 aromatic carbocycles. The van der Waals surface area contributed by atoms with Crippen molar-refractivity contribution in [3.63, 3.8) is 0 Å². The molecule has 0 fully saturated rings. The lowest BCUT2D eigenvalue weighted by atomic mass is 10.2. The molecule has 1 aromatic rings. The predicted molar refractivity (Wildman–Crippen MR) is 53.9 cm³/mol. The van der Waals surface area contributed by atoms with Gasteiger partial charge in [-0.15, -0.1) is 0 Å². The number of amides is 1. The summed E-state index contributed by atoms with van der Waals surface area (Å²) in [6.07, 6.45) is 0. The largest absolute Gasteiger partial charge is 0.496 e. The topological polar surface area (TPSA) is 64.3 Å². The average molecular weight is 194 g/mol. The van der Waals surface area contributed by atoms with E-state index in [1.165, 1.54) is 0 Å². The Hall–Kier alpha value is -1.55. The van der Waals surface area contributed by atoms with Gasteiger partial charge in [0.15, 0.2) is 0 Å². The van der Waals surface area contributed by atoms with Crippen molar-refractivity contribution in [2.75, 3.05) is 13.7 Å². The lowest BCUT2D eigenvalue weighted by Gasteiger charge is -2.08. The normalized spacial score (nSPS) is 9.57. The Bertz CT molecular complexity index is 313. The number of nitrogens with two attached hydrogens (primary N) is 1. The predicted octanol–water partition coefficient (Wildman–Crippen LogP) is 0.270. The molecule has 76 valence electrons. The Morgan fingerprint density at radius 1 is 1.50 bits per heavy atom. The minimum atomic E-state index is -0.170. The van der Waals surface area contributed by atoms with Crippen LogP contribution in [0.4, 0.5) is 0 Å². The molecule has 0 aliphatic heterocycles. The van der Waals surface area contributed by atoms with E-state index >= 15 is 0 Å². The monoisotopic (exact) mass is 194 g/mol. The average Bonchev–Trinajstić information content (AvgIpc) is 2.26. The minimum absolute atomic E-state index is 0.00908. The van der Waals surface area contributed by atoms with Gasteiger partial charge < -0.3 is 15.8 Å². The van der Waals surface area contributed by atoms with Crippen molar-refractivity contribution in [2.24, 2.45) is 5.73 Å². The van der Waals surface area contributed by atoms with Crippen molar-refractivity contribution in [3.05, 3.63) is 29.8 Å². The zero-order valence-corrected chi connectivity index (χ0v) is 8.12. The molecule has 0 atom stereocenters. The first-order valence-corrected chi connectivity index (χ1v) is 4.36. The van der Waals surface area contributed by atoms with Gasteiger partial charge in [-0.25, -0.2) is 0 Å². The van der Waals surface area contributed by atoms with Gasteiger partial charge in [0, 0.05) is 12.1 Å². The van der Waals surface area contributed by atoms with E-state index < -0.39 is 0 Å². The quantitative estimate of drug-likeness (QED) is 0.723. The number of para-hydroxylation sites is 1. The Morgan fingerprint density at radius 3 is 2.86 bits per heavy atom. The molecule has 0 aromatic heterocycles. The van der Waals surface area contributed by atoms with E-state index in [-0.39, 0.29) is 12.5 Å².